The number of hydrogen-bond donors (Lipinski definition) is 1. The van der Waals surface area contributed by atoms with E-state index >= 15 is 0 Å². The monoisotopic (exact) mass is 194 g/mol. The van der Waals surface area contributed by atoms with Crippen molar-refractivity contribution >= 4 is 5.78 Å². The fraction of sp³-hybridized carbons (Fsp3) is 0.400. The molecular weight excluding hydrogens is 180 g/mol. The van der Waals surface area contributed by atoms with Crippen LogP contribution in [0.1, 0.15) is 24.2 Å². The Morgan fingerprint density at radius 3 is 2.93 bits per heavy atom. The predicted octanol–water partition coefficient (Wildman–Crippen LogP) is 1.01. The molecule has 1 rings (SSSR count). The van der Waals surface area contributed by atoms with Crippen molar-refractivity contribution < 1.29 is 9.53 Å². The van der Waals surface area contributed by atoms with Crippen molar-refractivity contribution in [2.45, 2.75) is 19.9 Å². The minimum atomic E-state index is -0.506. The van der Waals surface area contributed by atoms with Crippen LogP contribution in [0.5, 0.6) is 5.75 Å². The minimum Gasteiger partial charge on any atom is -0.492 e. The molecule has 0 amide bonds. The molecule has 0 saturated carbocycles. The highest BCUT2D eigenvalue weighted by Gasteiger charge is 2.11. The Labute approximate surface area is 83.1 Å². The van der Waals surface area contributed by atoms with Gasteiger partial charge in [0.1, 0.15) is 5.75 Å². The van der Waals surface area contributed by atoms with Gasteiger partial charge in [0.2, 0.25) is 0 Å². The van der Waals surface area contributed by atoms with Crippen molar-refractivity contribution in [3.05, 3.63) is 24.0 Å². The third-order valence-electron chi connectivity index (χ3n) is 1.72. The van der Waals surface area contributed by atoms with Gasteiger partial charge in [0.25, 0.3) is 0 Å². The van der Waals surface area contributed by atoms with Crippen molar-refractivity contribution in [1.82, 2.24) is 4.98 Å². The van der Waals surface area contributed by atoms with E-state index < -0.39 is 6.04 Å². The molecule has 0 aliphatic rings. The summed E-state index contributed by atoms with van der Waals surface area (Å²) in [4.78, 5) is 15.4. The van der Waals surface area contributed by atoms with Crippen LogP contribution in [0.25, 0.3) is 0 Å². The van der Waals surface area contributed by atoms with Crippen LogP contribution in [-0.4, -0.2) is 23.4 Å². The van der Waals surface area contributed by atoms with Crippen LogP contribution in [0.15, 0.2) is 18.5 Å². The number of ketones is 1. The van der Waals surface area contributed by atoms with Crippen LogP contribution < -0.4 is 10.5 Å². The molecular formula is C10H14N2O2. The van der Waals surface area contributed by atoms with Crippen LogP contribution in [0.3, 0.4) is 0 Å². The van der Waals surface area contributed by atoms with Gasteiger partial charge in [-0.05, 0) is 19.9 Å². The Kier molecular flexibility index (Phi) is 3.59. The Bertz CT molecular complexity index is 324. The molecule has 4 nitrogen and oxygen atoms in total. The van der Waals surface area contributed by atoms with Crippen LogP contribution in [0.4, 0.5) is 0 Å². The third-order valence-corrected chi connectivity index (χ3v) is 1.72. The standard InChI is InChI=1S/C10H14N2O2/c1-3-14-9-4-8(5-12-6-9)10(13)7(2)11/h4-7H,3,11H2,1-2H3. The maximum atomic E-state index is 11.5. The van der Waals surface area contributed by atoms with Crippen molar-refractivity contribution in [3.8, 4) is 5.75 Å². The average molecular weight is 194 g/mol. The summed E-state index contributed by atoms with van der Waals surface area (Å²) in [6.07, 6.45) is 3.07. The van der Waals surface area contributed by atoms with Crippen molar-refractivity contribution in [2.24, 2.45) is 5.73 Å². The first-order valence-corrected chi connectivity index (χ1v) is 4.52. The number of hydrogen-bond acceptors (Lipinski definition) is 4. The van der Waals surface area contributed by atoms with Gasteiger partial charge in [-0.15, -0.1) is 0 Å². The van der Waals surface area contributed by atoms with E-state index in [2.05, 4.69) is 4.98 Å². The van der Waals surface area contributed by atoms with E-state index in [4.69, 9.17) is 10.5 Å². The summed E-state index contributed by atoms with van der Waals surface area (Å²) in [5.74, 6) is 0.470. The van der Waals surface area contributed by atoms with E-state index in [-0.39, 0.29) is 5.78 Å². The summed E-state index contributed by atoms with van der Waals surface area (Å²) in [5.41, 5.74) is 5.97. The van der Waals surface area contributed by atoms with Gasteiger partial charge in [-0.1, -0.05) is 0 Å². The topological polar surface area (TPSA) is 65.2 Å². The van der Waals surface area contributed by atoms with Gasteiger partial charge in [-0.25, -0.2) is 0 Å². The highest BCUT2D eigenvalue weighted by molar-refractivity contribution is 5.99. The lowest BCUT2D eigenvalue weighted by molar-refractivity contribution is 0.0967. The summed E-state index contributed by atoms with van der Waals surface area (Å²) in [7, 11) is 0. The zero-order chi connectivity index (χ0) is 10.6. The normalized spacial score (nSPS) is 12.2. The number of carbonyl (C=O) groups is 1. The van der Waals surface area contributed by atoms with Gasteiger partial charge in [0.05, 0.1) is 18.8 Å². The van der Waals surface area contributed by atoms with E-state index in [1.807, 2.05) is 6.92 Å². The summed E-state index contributed by atoms with van der Waals surface area (Å²) >= 11 is 0. The second-order valence-corrected chi connectivity index (χ2v) is 3.00. The second kappa shape index (κ2) is 4.72. The summed E-state index contributed by atoms with van der Waals surface area (Å²) in [6, 6.07) is 1.15. The summed E-state index contributed by atoms with van der Waals surface area (Å²) in [5, 5.41) is 0. The molecule has 14 heavy (non-hydrogen) atoms. The second-order valence-electron chi connectivity index (χ2n) is 3.00. The molecule has 4 heteroatoms. The lowest BCUT2D eigenvalue weighted by Crippen LogP contribution is -2.26. The lowest BCUT2D eigenvalue weighted by Gasteiger charge is -2.06. The van der Waals surface area contributed by atoms with Crippen LogP contribution in [-0.2, 0) is 0 Å². The van der Waals surface area contributed by atoms with Gasteiger partial charge in [0, 0.05) is 11.8 Å². The largest absolute Gasteiger partial charge is 0.492 e. The van der Waals surface area contributed by atoms with Gasteiger partial charge < -0.3 is 10.5 Å². The number of rotatable bonds is 4. The van der Waals surface area contributed by atoms with Gasteiger partial charge in [-0.2, -0.15) is 0 Å². The molecule has 0 aliphatic carbocycles. The molecule has 1 atom stereocenters. The van der Waals surface area contributed by atoms with Crippen LogP contribution in [0, 0.1) is 0 Å². The maximum Gasteiger partial charge on any atom is 0.180 e. The highest BCUT2D eigenvalue weighted by atomic mass is 16.5. The van der Waals surface area contributed by atoms with Crippen molar-refractivity contribution in [1.29, 1.82) is 0 Å². The molecule has 2 N–H and O–H groups in total. The molecule has 0 spiro atoms. The number of aromatic nitrogens is 1. The molecule has 0 fully saturated rings. The lowest BCUT2D eigenvalue weighted by atomic mass is 10.1. The molecule has 76 valence electrons. The molecule has 0 aliphatic heterocycles. The van der Waals surface area contributed by atoms with E-state index in [1.54, 1.807) is 19.2 Å². The highest BCUT2D eigenvalue weighted by Crippen LogP contribution is 2.12. The quantitative estimate of drug-likeness (QED) is 0.726. The minimum absolute atomic E-state index is 0.126. The van der Waals surface area contributed by atoms with Gasteiger partial charge in [-0.3, -0.25) is 9.78 Å². The fourth-order valence-corrected chi connectivity index (χ4v) is 1.06. The first-order chi connectivity index (χ1) is 6.65. The number of nitrogens with two attached hydrogens (primary N) is 1. The molecule has 0 aromatic carbocycles. The average Bonchev–Trinajstić information content (AvgIpc) is 2.17. The Hall–Kier alpha value is -1.42. The summed E-state index contributed by atoms with van der Waals surface area (Å²) in [6.45, 7) is 4.08. The molecule has 1 aromatic rings. The van der Waals surface area contributed by atoms with E-state index in [0.717, 1.165) is 0 Å². The Balaban J connectivity index is 2.88. The first-order valence-electron chi connectivity index (χ1n) is 4.52. The molecule has 0 radical (unpaired) electrons. The van der Waals surface area contributed by atoms with Crippen LogP contribution >= 0.6 is 0 Å². The number of Topliss-reactive ketones (excluding diaryl/α,β-unsaturated/α-hetero) is 1. The van der Waals surface area contributed by atoms with Gasteiger partial charge in [0.15, 0.2) is 5.78 Å². The molecule has 1 unspecified atom stereocenters. The zero-order valence-corrected chi connectivity index (χ0v) is 8.36. The van der Waals surface area contributed by atoms with E-state index in [0.29, 0.717) is 17.9 Å². The summed E-state index contributed by atoms with van der Waals surface area (Å²) < 4.78 is 5.22. The molecule has 0 bridgehead atoms. The van der Waals surface area contributed by atoms with E-state index in [1.165, 1.54) is 6.20 Å². The fourth-order valence-electron chi connectivity index (χ4n) is 1.06. The molecule has 1 heterocycles. The number of ether oxygens (including phenoxy) is 1. The number of pyridine rings is 1. The number of carbonyl (C=O) groups excluding carboxylic acids is 1. The zero-order valence-electron chi connectivity index (χ0n) is 8.36. The first kappa shape index (κ1) is 10.7. The van der Waals surface area contributed by atoms with Crippen LogP contribution in [0.2, 0.25) is 0 Å². The van der Waals surface area contributed by atoms with Crippen molar-refractivity contribution in [2.75, 3.05) is 6.61 Å². The number of nitrogens with zero attached hydrogens (tertiary/aromatic N) is 1. The maximum absolute atomic E-state index is 11.5. The SMILES string of the molecule is CCOc1cncc(C(=O)C(C)N)c1. The Morgan fingerprint density at radius 1 is 1.64 bits per heavy atom. The smallest absolute Gasteiger partial charge is 0.180 e. The molecule has 0 saturated heterocycles. The van der Waals surface area contributed by atoms with Crippen molar-refractivity contribution in [3.63, 3.8) is 0 Å². The molecule has 1 aromatic heterocycles. The van der Waals surface area contributed by atoms with Gasteiger partial charge >= 0.3 is 0 Å². The third kappa shape index (κ3) is 2.53. The predicted molar refractivity (Wildman–Crippen MR) is 53.4 cm³/mol. The van der Waals surface area contributed by atoms with E-state index in [9.17, 15) is 4.79 Å². The Morgan fingerprint density at radius 2 is 2.36 bits per heavy atom.